The fourth-order valence-electron chi connectivity index (χ4n) is 4.10. The molecule has 0 nitrogen and oxygen atoms in total. The smallest absolute Gasteiger partial charge is 0.0224 e. The Morgan fingerprint density at radius 1 is 0.400 bits per heavy atom. The second-order valence-corrected chi connectivity index (χ2v) is 10.9. The monoisotopic (exact) mass is 528 g/mol. The summed E-state index contributed by atoms with van der Waals surface area (Å²) in [6.07, 6.45) is 30.0. The zero-order valence-corrected chi connectivity index (χ0v) is 26.4. The van der Waals surface area contributed by atoms with E-state index in [0.29, 0.717) is 0 Å². The summed E-state index contributed by atoms with van der Waals surface area (Å²) in [5.74, 6) is 0. The van der Waals surface area contributed by atoms with Crippen molar-refractivity contribution in [2.45, 2.75) is 69.2 Å². The van der Waals surface area contributed by atoms with Crippen molar-refractivity contribution >= 4 is 12.2 Å². The summed E-state index contributed by atoms with van der Waals surface area (Å²) < 4.78 is 0. The second kappa shape index (κ2) is 16.3. The fraction of sp³-hybridized carbons (Fsp3) is 0.250. The van der Waals surface area contributed by atoms with E-state index in [1.807, 2.05) is 0 Å². The highest BCUT2D eigenvalue weighted by Gasteiger charge is 2.01. The molecule has 0 aliphatic carbocycles. The molecule has 0 aliphatic heterocycles. The van der Waals surface area contributed by atoms with Gasteiger partial charge in [-0.15, -0.1) is 0 Å². The zero-order chi connectivity index (χ0) is 29.7. The highest BCUT2D eigenvalue weighted by molar-refractivity contribution is 5.60. The van der Waals surface area contributed by atoms with Crippen LogP contribution >= 0.6 is 0 Å². The van der Waals surface area contributed by atoms with Crippen molar-refractivity contribution in [3.63, 3.8) is 0 Å². The van der Waals surface area contributed by atoms with Gasteiger partial charge in [-0.1, -0.05) is 132 Å². The maximum Gasteiger partial charge on any atom is -0.0224 e. The molecule has 0 atom stereocenters. The molecule has 0 aliphatic rings. The number of hydrogen-bond donors (Lipinski definition) is 0. The molecule has 0 unspecified atom stereocenters. The van der Waals surface area contributed by atoms with Gasteiger partial charge in [0.25, 0.3) is 0 Å². The van der Waals surface area contributed by atoms with Gasteiger partial charge in [0, 0.05) is 0 Å². The van der Waals surface area contributed by atoms with Gasteiger partial charge in [0.05, 0.1) is 0 Å². The van der Waals surface area contributed by atoms with Crippen molar-refractivity contribution in [1.29, 1.82) is 0 Å². The summed E-state index contributed by atoms with van der Waals surface area (Å²) in [5.41, 5.74) is 15.6. The van der Waals surface area contributed by atoms with E-state index in [1.165, 1.54) is 66.8 Å². The number of benzene rings is 2. The summed E-state index contributed by atoms with van der Waals surface area (Å²) in [6, 6.07) is 8.79. The molecule has 0 radical (unpaired) electrons. The lowest BCUT2D eigenvalue weighted by atomic mass is 9.98. The van der Waals surface area contributed by atoms with Gasteiger partial charge in [-0.2, -0.15) is 0 Å². The molecule has 2 aromatic rings. The van der Waals surface area contributed by atoms with Crippen LogP contribution in [0.3, 0.4) is 0 Å². The van der Waals surface area contributed by atoms with Crippen LogP contribution in [0.25, 0.3) is 12.2 Å². The molecule has 2 rings (SSSR count). The lowest BCUT2D eigenvalue weighted by Crippen LogP contribution is -1.89. The summed E-state index contributed by atoms with van der Waals surface area (Å²) in [6.45, 7) is 21.6. The average molecular weight is 529 g/mol. The van der Waals surface area contributed by atoms with Crippen molar-refractivity contribution < 1.29 is 0 Å². The molecule has 40 heavy (non-hydrogen) atoms. The number of hydrogen-bond acceptors (Lipinski definition) is 0. The van der Waals surface area contributed by atoms with Crippen LogP contribution in [0.2, 0.25) is 0 Å². The molecule has 0 heterocycles. The fourth-order valence-corrected chi connectivity index (χ4v) is 4.10. The summed E-state index contributed by atoms with van der Waals surface area (Å²) >= 11 is 0. The Labute approximate surface area is 245 Å². The van der Waals surface area contributed by atoms with Crippen LogP contribution in [0.4, 0.5) is 0 Å². The predicted octanol–water partition coefficient (Wildman–Crippen LogP) is 11.7. The van der Waals surface area contributed by atoms with E-state index in [4.69, 9.17) is 0 Å². The second-order valence-electron chi connectivity index (χ2n) is 10.9. The molecule has 0 aromatic heterocycles. The number of allylic oxidation sites excluding steroid dienone is 16. The maximum absolute atomic E-state index is 2.21. The standard InChI is InChI=1S/C40H48/c1-29(17-13-19-31(3)21-25-39-27-23-33(5)35(7)37(39)9)15-11-12-16-30(2)18-14-20-32(4)22-26-40-28-24-34(6)36(8)38(40)10/h11-28H,1-10H3/b12-11+,17-13+,18-14+,25-21+,26-22+,29-15+,30-16+,31-19+,32-20+. The average Bonchev–Trinajstić information content (AvgIpc) is 2.92. The van der Waals surface area contributed by atoms with E-state index in [9.17, 15) is 0 Å². The highest BCUT2D eigenvalue weighted by Crippen LogP contribution is 2.20. The van der Waals surface area contributed by atoms with Crippen LogP contribution in [-0.4, -0.2) is 0 Å². The Morgan fingerprint density at radius 3 is 1.10 bits per heavy atom. The molecule has 0 heteroatoms. The van der Waals surface area contributed by atoms with Gasteiger partial charge >= 0.3 is 0 Å². The minimum Gasteiger partial charge on any atom is -0.0620 e. The Morgan fingerprint density at radius 2 is 0.725 bits per heavy atom. The molecule has 0 fully saturated rings. The summed E-state index contributed by atoms with van der Waals surface area (Å²) in [4.78, 5) is 0. The first-order chi connectivity index (χ1) is 19.0. The molecule has 0 saturated heterocycles. The van der Waals surface area contributed by atoms with E-state index in [-0.39, 0.29) is 0 Å². The first-order valence-electron chi connectivity index (χ1n) is 14.2. The van der Waals surface area contributed by atoms with Gasteiger partial charge in [0.1, 0.15) is 0 Å². The van der Waals surface area contributed by atoms with Crippen LogP contribution in [0, 0.1) is 41.5 Å². The van der Waals surface area contributed by atoms with E-state index in [2.05, 4.69) is 179 Å². The summed E-state index contributed by atoms with van der Waals surface area (Å²) in [5, 5.41) is 0. The number of rotatable bonds is 10. The van der Waals surface area contributed by atoms with Crippen LogP contribution in [0.5, 0.6) is 0 Å². The molecular weight excluding hydrogens is 480 g/mol. The van der Waals surface area contributed by atoms with Crippen molar-refractivity contribution in [2.75, 3.05) is 0 Å². The maximum atomic E-state index is 2.21. The normalized spacial score (nSPS) is 14.3. The minimum atomic E-state index is 1.21. The molecule has 0 saturated carbocycles. The molecule has 0 spiro atoms. The van der Waals surface area contributed by atoms with Gasteiger partial charge in [-0.05, 0) is 114 Å². The lowest BCUT2D eigenvalue weighted by molar-refractivity contribution is 1.26. The molecule has 0 bridgehead atoms. The minimum absolute atomic E-state index is 1.21. The van der Waals surface area contributed by atoms with Crippen molar-refractivity contribution in [2.24, 2.45) is 0 Å². The van der Waals surface area contributed by atoms with E-state index < -0.39 is 0 Å². The SMILES string of the molecule is CC(/C=C/C=C(C)/C=C/c1ccc(C)c(C)c1C)=C\C=C\C=C(C)\C=C\C=C(C)\C=C\c1ccc(C)c(C)c1C. The Balaban J connectivity index is 1.89. The van der Waals surface area contributed by atoms with Gasteiger partial charge in [0.2, 0.25) is 0 Å². The third kappa shape index (κ3) is 10.7. The summed E-state index contributed by atoms with van der Waals surface area (Å²) in [7, 11) is 0. The third-order valence-electron chi connectivity index (χ3n) is 7.52. The van der Waals surface area contributed by atoms with Crippen LogP contribution < -0.4 is 0 Å². The van der Waals surface area contributed by atoms with E-state index >= 15 is 0 Å². The highest BCUT2D eigenvalue weighted by atomic mass is 14.1. The van der Waals surface area contributed by atoms with Crippen molar-refractivity contribution in [1.82, 2.24) is 0 Å². The van der Waals surface area contributed by atoms with Crippen LogP contribution in [-0.2, 0) is 0 Å². The molecule has 208 valence electrons. The number of aryl methyl sites for hydroxylation is 2. The molecule has 0 N–H and O–H groups in total. The largest absolute Gasteiger partial charge is 0.0620 e. The van der Waals surface area contributed by atoms with Gasteiger partial charge in [0.15, 0.2) is 0 Å². The topological polar surface area (TPSA) is 0 Å². The zero-order valence-electron chi connectivity index (χ0n) is 26.4. The van der Waals surface area contributed by atoms with E-state index in [0.717, 1.165) is 0 Å². The lowest BCUT2D eigenvalue weighted by Gasteiger charge is -2.07. The van der Waals surface area contributed by atoms with Crippen LogP contribution in [0.1, 0.15) is 72.2 Å². The quantitative estimate of drug-likeness (QED) is 0.269. The van der Waals surface area contributed by atoms with Gasteiger partial charge in [-0.3, -0.25) is 0 Å². The first-order valence-corrected chi connectivity index (χ1v) is 14.2. The molecule has 2 aromatic carbocycles. The Kier molecular flexibility index (Phi) is 13.1. The van der Waals surface area contributed by atoms with Gasteiger partial charge < -0.3 is 0 Å². The molecule has 0 amide bonds. The third-order valence-corrected chi connectivity index (χ3v) is 7.52. The van der Waals surface area contributed by atoms with Crippen LogP contribution in [0.15, 0.2) is 119 Å². The first kappa shape index (κ1) is 32.3. The Hall–Kier alpha value is -3.90. The van der Waals surface area contributed by atoms with Gasteiger partial charge in [-0.25, -0.2) is 0 Å². The van der Waals surface area contributed by atoms with Crippen molar-refractivity contribution in [3.8, 4) is 0 Å². The molecular formula is C40H48. The van der Waals surface area contributed by atoms with Crippen molar-refractivity contribution in [3.05, 3.63) is 164 Å². The Bertz CT molecular complexity index is 1340. The van der Waals surface area contributed by atoms with E-state index in [1.54, 1.807) is 0 Å². The predicted molar refractivity (Wildman–Crippen MR) is 182 cm³/mol.